The van der Waals surface area contributed by atoms with Crippen molar-refractivity contribution in [3.05, 3.63) is 59.7 Å². The lowest BCUT2D eigenvalue weighted by atomic mass is 9.98. The van der Waals surface area contributed by atoms with Crippen LogP contribution in [0.4, 0.5) is 4.79 Å². The maximum atomic E-state index is 12.5. The second-order valence-electron chi connectivity index (χ2n) is 9.15. The largest absolute Gasteiger partial charge is 0.480 e. The lowest BCUT2D eigenvalue weighted by Crippen LogP contribution is -2.42. The zero-order valence-corrected chi connectivity index (χ0v) is 20.7. The molecule has 186 valence electrons. The first kappa shape index (κ1) is 25.1. The Morgan fingerprint density at radius 2 is 1.63 bits per heavy atom. The van der Waals surface area contributed by atoms with Crippen molar-refractivity contribution in [3.63, 3.8) is 0 Å². The van der Waals surface area contributed by atoms with Crippen LogP contribution in [0.2, 0.25) is 0 Å². The molecule has 2 atom stereocenters. The van der Waals surface area contributed by atoms with Crippen molar-refractivity contribution in [2.24, 2.45) is 0 Å². The first-order chi connectivity index (χ1) is 16.9. The summed E-state index contributed by atoms with van der Waals surface area (Å²) < 4.78 is 5.48. The Balaban J connectivity index is 1.25. The van der Waals surface area contributed by atoms with E-state index in [1.165, 1.54) is 11.8 Å². The number of carboxylic acids is 1. The van der Waals surface area contributed by atoms with Crippen molar-refractivity contribution in [1.82, 2.24) is 10.6 Å². The molecule has 0 heterocycles. The Bertz CT molecular complexity index is 1020. The molecule has 0 spiro atoms. The normalized spacial score (nSPS) is 16.7. The number of aliphatic carboxylic acids is 1. The lowest BCUT2D eigenvalue weighted by molar-refractivity contribution is -0.139. The minimum atomic E-state index is -1.12. The second kappa shape index (κ2) is 11.6. The summed E-state index contributed by atoms with van der Waals surface area (Å²) >= 11 is 1.39. The van der Waals surface area contributed by atoms with Gasteiger partial charge >= 0.3 is 12.1 Å². The number of carbonyl (C=O) groups excluding carboxylic acids is 2. The van der Waals surface area contributed by atoms with Crippen molar-refractivity contribution in [2.45, 2.75) is 62.3 Å². The fourth-order valence-electron chi connectivity index (χ4n) is 4.87. The standard InChI is InChI=1S/C27H32N2O5S/c1-17(25(30)28-18-8-2-3-9-18)35-15-14-24(26(31)32)29-27(33)34-16-23-21-12-6-4-10-19(21)20-11-5-7-13-22(20)23/h4-7,10-13,17-18,23-24H,2-3,8-9,14-16H2,1H3,(H,28,30)(H,29,33)(H,31,32). The number of alkyl carbamates (subject to hydrolysis) is 1. The van der Waals surface area contributed by atoms with E-state index in [4.69, 9.17) is 4.74 Å². The summed E-state index contributed by atoms with van der Waals surface area (Å²) in [5.41, 5.74) is 4.45. The summed E-state index contributed by atoms with van der Waals surface area (Å²) in [7, 11) is 0. The van der Waals surface area contributed by atoms with Gasteiger partial charge in [0.15, 0.2) is 0 Å². The number of benzene rings is 2. The van der Waals surface area contributed by atoms with Gasteiger partial charge in [0.2, 0.25) is 5.91 Å². The number of carbonyl (C=O) groups is 3. The van der Waals surface area contributed by atoms with E-state index in [1.807, 2.05) is 43.3 Å². The van der Waals surface area contributed by atoms with E-state index in [9.17, 15) is 19.5 Å². The molecule has 35 heavy (non-hydrogen) atoms. The highest BCUT2D eigenvalue weighted by Gasteiger charge is 2.30. The highest BCUT2D eigenvalue weighted by atomic mass is 32.2. The summed E-state index contributed by atoms with van der Waals surface area (Å²) in [4.78, 5) is 36.5. The molecule has 2 aromatic rings. The summed E-state index contributed by atoms with van der Waals surface area (Å²) in [6, 6.07) is 15.3. The van der Waals surface area contributed by atoms with Gasteiger partial charge in [-0.05, 0) is 54.2 Å². The maximum Gasteiger partial charge on any atom is 0.407 e. The molecule has 1 saturated carbocycles. The van der Waals surface area contributed by atoms with Crippen LogP contribution in [0, 0.1) is 0 Å². The fraction of sp³-hybridized carbons (Fsp3) is 0.444. The molecule has 0 radical (unpaired) electrons. The van der Waals surface area contributed by atoms with Crippen molar-refractivity contribution in [3.8, 4) is 11.1 Å². The molecule has 3 N–H and O–H groups in total. The highest BCUT2D eigenvalue weighted by Crippen LogP contribution is 2.44. The molecule has 0 aromatic heterocycles. The minimum absolute atomic E-state index is 0.0155. The quantitative estimate of drug-likeness (QED) is 0.446. The Morgan fingerprint density at radius 3 is 2.23 bits per heavy atom. The summed E-state index contributed by atoms with van der Waals surface area (Å²) in [5, 5.41) is 14.8. The van der Waals surface area contributed by atoms with Crippen LogP contribution in [0.5, 0.6) is 0 Å². The summed E-state index contributed by atoms with van der Waals surface area (Å²) in [6.07, 6.45) is 3.78. The van der Waals surface area contributed by atoms with E-state index >= 15 is 0 Å². The second-order valence-corrected chi connectivity index (χ2v) is 10.6. The number of carboxylic acid groups (broad SMARTS) is 1. The number of rotatable bonds is 10. The van der Waals surface area contributed by atoms with Crippen molar-refractivity contribution >= 4 is 29.7 Å². The van der Waals surface area contributed by atoms with Gasteiger partial charge in [0, 0.05) is 12.0 Å². The molecule has 2 amide bonds. The van der Waals surface area contributed by atoms with Gasteiger partial charge in [-0.25, -0.2) is 9.59 Å². The summed E-state index contributed by atoms with van der Waals surface area (Å²) in [6.45, 7) is 1.95. The van der Waals surface area contributed by atoms with E-state index in [0.717, 1.165) is 47.9 Å². The number of nitrogens with one attached hydrogen (secondary N) is 2. The molecule has 2 aliphatic rings. The van der Waals surface area contributed by atoms with Gasteiger partial charge in [-0.1, -0.05) is 61.4 Å². The van der Waals surface area contributed by atoms with Crippen LogP contribution in [0.1, 0.15) is 56.1 Å². The monoisotopic (exact) mass is 496 g/mol. The van der Waals surface area contributed by atoms with Crippen LogP contribution in [0.25, 0.3) is 11.1 Å². The molecule has 0 bridgehead atoms. The van der Waals surface area contributed by atoms with Crippen LogP contribution in [0.3, 0.4) is 0 Å². The number of hydrogen-bond donors (Lipinski definition) is 3. The molecule has 2 unspecified atom stereocenters. The molecular formula is C27H32N2O5S. The maximum absolute atomic E-state index is 12.5. The van der Waals surface area contributed by atoms with Gasteiger partial charge in [0.25, 0.3) is 0 Å². The van der Waals surface area contributed by atoms with Crippen LogP contribution in [-0.2, 0) is 14.3 Å². The van der Waals surface area contributed by atoms with Gasteiger partial charge in [-0.2, -0.15) is 0 Å². The van der Waals surface area contributed by atoms with Gasteiger partial charge in [0.05, 0.1) is 5.25 Å². The Hall–Kier alpha value is -3.00. The molecule has 2 aromatic carbocycles. The first-order valence-electron chi connectivity index (χ1n) is 12.2. The van der Waals surface area contributed by atoms with E-state index in [2.05, 4.69) is 22.8 Å². The number of ether oxygens (including phenoxy) is 1. The SMILES string of the molecule is CC(SCCC(NC(=O)OCC1c2ccccc2-c2ccccc21)C(=O)O)C(=O)NC1CCCC1. The predicted octanol–water partition coefficient (Wildman–Crippen LogP) is 4.55. The van der Waals surface area contributed by atoms with Crippen molar-refractivity contribution in [1.29, 1.82) is 0 Å². The predicted molar refractivity (Wildman–Crippen MR) is 137 cm³/mol. The molecular weight excluding hydrogens is 464 g/mol. The topological polar surface area (TPSA) is 105 Å². The number of hydrogen-bond acceptors (Lipinski definition) is 5. The number of thioether (sulfide) groups is 1. The molecule has 1 fully saturated rings. The fourth-order valence-corrected chi connectivity index (χ4v) is 5.81. The van der Waals surface area contributed by atoms with E-state index in [1.54, 1.807) is 0 Å². The Labute approximate surface area is 210 Å². The van der Waals surface area contributed by atoms with Gasteiger partial charge < -0.3 is 20.5 Å². The average molecular weight is 497 g/mol. The molecule has 8 heteroatoms. The van der Waals surface area contributed by atoms with E-state index in [-0.39, 0.29) is 36.1 Å². The Kier molecular flexibility index (Phi) is 8.33. The third-order valence-corrected chi connectivity index (χ3v) is 7.96. The summed E-state index contributed by atoms with van der Waals surface area (Å²) in [5.74, 6) is -0.800. The van der Waals surface area contributed by atoms with Crippen LogP contribution in [-0.4, -0.2) is 52.8 Å². The molecule has 7 nitrogen and oxygen atoms in total. The first-order valence-corrected chi connectivity index (χ1v) is 13.2. The third kappa shape index (κ3) is 6.17. The lowest BCUT2D eigenvalue weighted by Gasteiger charge is -2.19. The van der Waals surface area contributed by atoms with Crippen LogP contribution >= 0.6 is 11.8 Å². The number of fused-ring (bicyclic) bond motifs is 3. The van der Waals surface area contributed by atoms with E-state index < -0.39 is 18.1 Å². The zero-order valence-electron chi connectivity index (χ0n) is 19.9. The van der Waals surface area contributed by atoms with E-state index in [0.29, 0.717) is 5.75 Å². The third-order valence-electron chi connectivity index (χ3n) is 6.78. The van der Waals surface area contributed by atoms with Gasteiger partial charge in [-0.3, -0.25) is 4.79 Å². The molecule has 2 aliphatic carbocycles. The van der Waals surface area contributed by atoms with Crippen LogP contribution < -0.4 is 10.6 Å². The molecule has 0 aliphatic heterocycles. The average Bonchev–Trinajstić information content (AvgIpc) is 3.48. The Morgan fingerprint density at radius 1 is 1.03 bits per heavy atom. The van der Waals surface area contributed by atoms with Crippen molar-refractivity contribution < 1.29 is 24.2 Å². The number of amides is 2. The van der Waals surface area contributed by atoms with Crippen LogP contribution in [0.15, 0.2) is 48.5 Å². The van der Waals surface area contributed by atoms with Crippen molar-refractivity contribution in [2.75, 3.05) is 12.4 Å². The minimum Gasteiger partial charge on any atom is -0.480 e. The van der Waals surface area contributed by atoms with Gasteiger partial charge in [0.1, 0.15) is 12.6 Å². The van der Waals surface area contributed by atoms with Gasteiger partial charge in [-0.15, -0.1) is 11.8 Å². The zero-order chi connectivity index (χ0) is 24.8. The highest BCUT2D eigenvalue weighted by molar-refractivity contribution is 8.00. The smallest absolute Gasteiger partial charge is 0.407 e. The molecule has 4 rings (SSSR count). The molecule has 0 saturated heterocycles.